The molecule has 1 aliphatic carbocycles. The number of hydrogen-bond donors (Lipinski definition) is 0. The third-order valence-corrected chi connectivity index (χ3v) is 6.85. The second-order valence-corrected chi connectivity index (χ2v) is 9.50. The smallest absolute Gasteiger partial charge is 0.0701 e. The number of hydrogen-bond acceptors (Lipinski definition) is 6. The highest BCUT2D eigenvalue weighted by molar-refractivity contribution is 14.1. The number of rotatable bonds is 18. The molecule has 0 saturated carbocycles. The quantitative estimate of drug-likeness (QED) is 0.187. The van der Waals surface area contributed by atoms with Crippen LogP contribution in [-0.4, -0.2) is 80.3 Å². The first-order valence-corrected chi connectivity index (χ1v) is 13.0. The number of benzene rings is 2. The molecule has 188 valence electrons. The fourth-order valence-corrected chi connectivity index (χ4v) is 5.00. The standard InChI is InChI=1S/C27H37IO6/c1-29-13-15-33-19-17-31-11-9-27(10-12-32-18-20-34-16-14-30-2)25-6-4-3-5-23(25)24-8-7-22(28)21-26(24)27/h3-8,21H,9-20H2,1-2H3. The van der Waals surface area contributed by atoms with E-state index >= 15 is 0 Å². The lowest BCUT2D eigenvalue weighted by Gasteiger charge is -2.32. The van der Waals surface area contributed by atoms with Crippen LogP contribution in [0.4, 0.5) is 0 Å². The van der Waals surface area contributed by atoms with Gasteiger partial charge in [-0.1, -0.05) is 30.3 Å². The molecule has 0 unspecified atom stereocenters. The largest absolute Gasteiger partial charge is 0.382 e. The van der Waals surface area contributed by atoms with Gasteiger partial charge in [-0.05, 0) is 69.8 Å². The molecule has 0 N–H and O–H groups in total. The Morgan fingerprint density at radius 2 is 1.09 bits per heavy atom. The lowest BCUT2D eigenvalue weighted by molar-refractivity contribution is 0.0145. The van der Waals surface area contributed by atoms with Crippen LogP contribution in [-0.2, 0) is 33.8 Å². The lowest BCUT2D eigenvalue weighted by atomic mass is 9.73. The van der Waals surface area contributed by atoms with Gasteiger partial charge in [-0.25, -0.2) is 0 Å². The molecular weight excluding hydrogens is 547 g/mol. The molecule has 2 aromatic rings. The van der Waals surface area contributed by atoms with E-state index in [1.165, 1.54) is 25.8 Å². The number of ether oxygens (including phenoxy) is 6. The normalized spacial score (nSPS) is 13.7. The third-order valence-electron chi connectivity index (χ3n) is 6.18. The van der Waals surface area contributed by atoms with Gasteiger partial charge >= 0.3 is 0 Å². The molecule has 2 aromatic carbocycles. The summed E-state index contributed by atoms with van der Waals surface area (Å²) < 4.78 is 34.3. The van der Waals surface area contributed by atoms with E-state index in [0.29, 0.717) is 66.1 Å². The van der Waals surface area contributed by atoms with Crippen molar-refractivity contribution in [1.82, 2.24) is 0 Å². The zero-order valence-electron chi connectivity index (χ0n) is 20.4. The molecule has 0 bridgehead atoms. The van der Waals surface area contributed by atoms with E-state index in [1.807, 2.05) is 0 Å². The van der Waals surface area contributed by atoms with Gasteiger partial charge in [0.05, 0.1) is 52.9 Å². The third kappa shape index (κ3) is 7.46. The van der Waals surface area contributed by atoms with E-state index < -0.39 is 0 Å². The number of halogens is 1. The topological polar surface area (TPSA) is 55.4 Å². The molecule has 34 heavy (non-hydrogen) atoms. The van der Waals surface area contributed by atoms with Crippen molar-refractivity contribution < 1.29 is 28.4 Å². The van der Waals surface area contributed by atoms with E-state index in [1.54, 1.807) is 14.2 Å². The Balaban J connectivity index is 1.66. The van der Waals surface area contributed by atoms with E-state index in [4.69, 9.17) is 28.4 Å². The summed E-state index contributed by atoms with van der Waals surface area (Å²) in [5.41, 5.74) is 5.25. The van der Waals surface area contributed by atoms with E-state index in [0.717, 1.165) is 12.8 Å². The fraction of sp³-hybridized carbons (Fsp3) is 0.556. The average Bonchev–Trinajstić information content (AvgIpc) is 3.12. The summed E-state index contributed by atoms with van der Waals surface area (Å²) in [6.07, 6.45) is 1.78. The Morgan fingerprint density at radius 3 is 1.68 bits per heavy atom. The SMILES string of the molecule is COCCOCCOCCC1(CCOCCOCCOC)c2ccccc2-c2ccc(I)cc21. The van der Waals surface area contributed by atoms with Crippen LogP contribution in [0, 0.1) is 3.57 Å². The Labute approximate surface area is 217 Å². The van der Waals surface area contributed by atoms with Crippen molar-refractivity contribution in [3.05, 3.63) is 57.2 Å². The summed E-state index contributed by atoms with van der Waals surface area (Å²) in [7, 11) is 3.35. The highest BCUT2D eigenvalue weighted by Crippen LogP contribution is 2.53. The van der Waals surface area contributed by atoms with Gasteiger partial charge in [0, 0.05) is 36.4 Å². The maximum absolute atomic E-state index is 6.00. The van der Waals surface area contributed by atoms with Gasteiger partial charge in [-0.3, -0.25) is 0 Å². The van der Waals surface area contributed by atoms with Gasteiger partial charge in [0.25, 0.3) is 0 Å². The lowest BCUT2D eigenvalue weighted by Crippen LogP contribution is -2.30. The summed E-state index contributed by atoms with van der Waals surface area (Å²) >= 11 is 2.41. The first-order chi connectivity index (χ1) is 16.7. The summed E-state index contributed by atoms with van der Waals surface area (Å²) in [6, 6.07) is 15.5. The molecule has 6 nitrogen and oxygen atoms in total. The zero-order valence-corrected chi connectivity index (χ0v) is 22.5. The first kappa shape index (κ1) is 27.5. The summed E-state index contributed by atoms with van der Waals surface area (Å²) in [5.74, 6) is 0. The Morgan fingerprint density at radius 1 is 0.588 bits per heavy atom. The van der Waals surface area contributed by atoms with Gasteiger partial charge in [0.15, 0.2) is 0 Å². The molecule has 0 fully saturated rings. The molecule has 0 amide bonds. The first-order valence-electron chi connectivity index (χ1n) is 11.9. The second-order valence-electron chi connectivity index (χ2n) is 8.25. The number of fused-ring (bicyclic) bond motifs is 3. The van der Waals surface area contributed by atoms with Crippen LogP contribution in [0.1, 0.15) is 24.0 Å². The molecule has 0 aliphatic heterocycles. The van der Waals surface area contributed by atoms with Crippen molar-refractivity contribution in [3.8, 4) is 11.1 Å². The summed E-state index contributed by atoms with van der Waals surface area (Å²) in [6.45, 7) is 6.03. The highest BCUT2D eigenvalue weighted by atomic mass is 127. The molecule has 0 saturated heterocycles. The molecule has 7 heteroatoms. The average molecular weight is 584 g/mol. The van der Waals surface area contributed by atoms with Crippen LogP contribution in [0.2, 0.25) is 0 Å². The molecule has 3 rings (SSSR count). The predicted octanol–water partition coefficient (Wildman–Crippen LogP) is 4.70. The van der Waals surface area contributed by atoms with Crippen molar-refractivity contribution in [1.29, 1.82) is 0 Å². The van der Waals surface area contributed by atoms with Crippen molar-refractivity contribution in [2.75, 3.05) is 80.3 Å². The Hall–Kier alpha value is -1.07. The van der Waals surface area contributed by atoms with E-state index in [2.05, 4.69) is 65.1 Å². The zero-order chi connectivity index (χ0) is 24.1. The van der Waals surface area contributed by atoms with Gasteiger partial charge in [0.1, 0.15) is 0 Å². The molecule has 1 aliphatic rings. The maximum Gasteiger partial charge on any atom is 0.0701 e. The van der Waals surface area contributed by atoms with Crippen molar-refractivity contribution >= 4 is 22.6 Å². The minimum atomic E-state index is -0.138. The van der Waals surface area contributed by atoms with E-state index in [9.17, 15) is 0 Å². The molecule has 0 atom stereocenters. The second kappa shape index (κ2) is 15.1. The molecule has 0 spiro atoms. The monoisotopic (exact) mass is 584 g/mol. The molecule has 0 heterocycles. The van der Waals surface area contributed by atoms with Crippen LogP contribution in [0.25, 0.3) is 11.1 Å². The van der Waals surface area contributed by atoms with Gasteiger partial charge in [-0.15, -0.1) is 0 Å². The van der Waals surface area contributed by atoms with Crippen molar-refractivity contribution in [2.45, 2.75) is 18.3 Å². The van der Waals surface area contributed by atoms with Crippen LogP contribution in [0.5, 0.6) is 0 Å². The maximum atomic E-state index is 6.00. The van der Waals surface area contributed by atoms with Crippen molar-refractivity contribution in [3.63, 3.8) is 0 Å². The molecular formula is C27H37IO6. The predicted molar refractivity (Wildman–Crippen MR) is 142 cm³/mol. The van der Waals surface area contributed by atoms with Crippen LogP contribution < -0.4 is 0 Å². The van der Waals surface area contributed by atoms with E-state index in [-0.39, 0.29) is 5.41 Å². The van der Waals surface area contributed by atoms with Crippen LogP contribution in [0.3, 0.4) is 0 Å². The minimum Gasteiger partial charge on any atom is -0.382 e. The minimum absolute atomic E-state index is 0.138. The highest BCUT2D eigenvalue weighted by Gasteiger charge is 2.42. The molecule has 0 aromatic heterocycles. The fourth-order valence-electron chi connectivity index (χ4n) is 4.51. The molecule has 0 radical (unpaired) electrons. The van der Waals surface area contributed by atoms with Crippen LogP contribution >= 0.6 is 22.6 Å². The van der Waals surface area contributed by atoms with Crippen LogP contribution in [0.15, 0.2) is 42.5 Å². The van der Waals surface area contributed by atoms with Gasteiger partial charge < -0.3 is 28.4 Å². The summed E-state index contributed by atoms with van der Waals surface area (Å²) in [5, 5.41) is 0. The summed E-state index contributed by atoms with van der Waals surface area (Å²) in [4.78, 5) is 0. The Bertz CT molecular complexity index is 839. The van der Waals surface area contributed by atoms with Crippen molar-refractivity contribution in [2.24, 2.45) is 0 Å². The van der Waals surface area contributed by atoms with Gasteiger partial charge in [-0.2, -0.15) is 0 Å². The number of methoxy groups -OCH3 is 2. The Kier molecular flexibility index (Phi) is 12.2. The van der Waals surface area contributed by atoms with Gasteiger partial charge in [0.2, 0.25) is 0 Å².